The summed E-state index contributed by atoms with van der Waals surface area (Å²) in [5.74, 6) is -0.187. The maximum absolute atomic E-state index is 11.1. The summed E-state index contributed by atoms with van der Waals surface area (Å²) in [6.45, 7) is 0.0995. The molecule has 1 saturated carbocycles. The monoisotopic (exact) mass is 248 g/mol. The Hall–Kier alpha value is -0.580. The van der Waals surface area contributed by atoms with Crippen molar-refractivity contribution < 1.29 is 9.59 Å². The van der Waals surface area contributed by atoms with Crippen molar-refractivity contribution in [3.8, 4) is 0 Å². The van der Waals surface area contributed by atoms with E-state index in [1.54, 1.807) is 0 Å². The highest BCUT2D eigenvalue weighted by Crippen LogP contribution is 2.18. The third-order valence-corrected chi connectivity index (χ3v) is 2.11. The highest BCUT2D eigenvalue weighted by Gasteiger charge is 2.22. The van der Waals surface area contributed by atoms with Crippen LogP contribution >= 0.6 is 15.9 Å². The van der Waals surface area contributed by atoms with Gasteiger partial charge in [0, 0.05) is 17.8 Å². The molecule has 1 rings (SSSR count). The van der Waals surface area contributed by atoms with Crippen LogP contribution in [0.25, 0.3) is 0 Å². The molecule has 0 spiro atoms. The maximum atomic E-state index is 11.1. The second-order valence-corrected chi connectivity index (χ2v) is 3.85. The summed E-state index contributed by atoms with van der Waals surface area (Å²) < 4.78 is 0. The van der Waals surface area contributed by atoms with E-state index >= 15 is 0 Å². The van der Waals surface area contributed by atoms with Gasteiger partial charge in [0.15, 0.2) is 0 Å². The van der Waals surface area contributed by atoms with Crippen molar-refractivity contribution in [3.05, 3.63) is 0 Å². The Morgan fingerprint density at radius 1 is 1.31 bits per heavy atom. The third kappa shape index (κ3) is 4.87. The van der Waals surface area contributed by atoms with E-state index in [1.165, 1.54) is 0 Å². The fourth-order valence-electron chi connectivity index (χ4n) is 0.859. The zero-order valence-electron chi connectivity index (χ0n) is 7.31. The van der Waals surface area contributed by atoms with E-state index in [0.29, 0.717) is 17.8 Å². The first-order chi connectivity index (χ1) is 6.22. The van der Waals surface area contributed by atoms with Crippen LogP contribution in [0.15, 0.2) is 0 Å². The molecule has 0 aromatic heterocycles. The van der Waals surface area contributed by atoms with E-state index in [9.17, 15) is 9.59 Å². The van der Waals surface area contributed by atoms with Gasteiger partial charge < -0.3 is 10.6 Å². The van der Waals surface area contributed by atoms with Gasteiger partial charge in [-0.3, -0.25) is 9.59 Å². The number of carbonyl (C=O) groups is 2. The molecule has 0 heterocycles. The topological polar surface area (TPSA) is 58.2 Å². The van der Waals surface area contributed by atoms with Gasteiger partial charge in [-0.25, -0.2) is 0 Å². The minimum Gasteiger partial charge on any atom is -0.352 e. The summed E-state index contributed by atoms with van der Waals surface area (Å²) in [6.07, 6.45) is 2.55. The van der Waals surface area contributed by atoms with E-state index in [1.807, 2.05) is 0 Å². The first kappa shape index (κ1) is 10.5. The molecule has 1 aliphatic carbocycles. The number of carbonyl (C=O) groups excluding carboxylic acids is 2. The number of rotatable bonds is 5. The van der Waals surface area contributed by atoms with Gasteiger partial charge in [0.25, 0.3) is 0 Å². The largest absolute Gasteiger partial charge is 0.352 e. The van der Waals surface area contributed by atoms with Crippen LogP contribution < -0.4 is 10.6 Å². The summed E-state index contributed by atoms with van der Waals surface area (Å²) in [5, 5.41) is 5.95. The Labute approximate surface area is 85.6 Å². The normalized spacial score (nSPS) is 15.2. The van der Waals surface area contributed by atoms with Gasteiger partial charge in [-0.15, -0.1) is 0 Å². The molecule has 2 amide bonds. The molecule has 0 radical (unpaired) electrons. The zero-order chi connectivity index (χ0) is 9.68. The van der Waals surface area contributed by atoms with Crippen LogP contribution in [-0.4, -0.2) is 29.7 Å². The van der Waals surface area contributed by atoms with Crippen molar-refractivity contribution >= 4 is 27.7 Å². The number of amides is 2. The smallest absolute Gasteiger partial charge is 0.239 e. The number of hydrogen-bond acceptors (Lipinski definition) is 2. The van der Waals surface area contributed by atoms with Crippen LogP contribution in [0.5, 0.6) is 0 Å². The summed E-state index contributed by atoms with van der Waals surface area (Å²) in [4.78, 5) is 22.0. The molecule has 0 bridgehead atoms. The fraction of sp³-hybridized carbons (Fsp3) is 0.750. The third-order valence-electron chi connectivity index (χ3n) is 1.71. The van der Waals surface area contributed by atoms with Crippen molar-refractivity contribution in [1.29, 1.82) is 0 Å². The standard InChI is InChI=1S/C8H13BrN2O2/c9-4-3-7(12)10-5-8(13)11-6-1-2-6/h6H,1-5H2,(H,10,12)(H,11,13). The highest BCUT2D eigenvalue weighted by molar-refractivity contribution is 9.09. The molecule has 74 valence electrons. The van der Waals surface area contributed by atoms with Crippen LogP contribution in [-0.2, 0) is 9.59 Å². The maximum Gasteiger partial charge on any atom is 0.239 e. The Morgan fingerprint density at radius 2 is 2.00 bits per heavy atom. The lowest BCUT2D eigenvalue weighted by Crippen LogP contribution is -2.37. The SMILES string of the molecule is O=C(CCBr)NCC(=O)NC1CC1. The molecule has 0 aromatic carbocycles. The van der Waals surface area contributed by atoms with E-state index in [4.69, 9.17) is 0 Å². The molecular weight excluding hydrogens is 236 g/mol. The van der Waals surface area contributed by atoms with Crippen molar-refractivity contribution in [2.24, 2.45) is 0 Å². The molecule has 5 heteroatoms. The van der Waals surface area contributed by atoms with Crippen LogP contribution in [0.1, 0.15) is 19.3 Å². The highest BCUT2D eigenvalue weighted by atomic mass is 79.9. The summed E-state index contributed by atoms with van der Waals surface area (Å²) in [5.41, 5.74) is 0. The molecule has 0 saturated heterocycles. The Kier molecular flexibility index (Phi) is 4.21. The van der Waals surface area contributed by atoms with Gasteiger partial charge in [-0.2, -0.15) is 0 Å². The number of nitrogens with one attached hydrogen (secondary N) is 2. The summed E-state index contributed by atoms with van der Waals surface area (Å²) >= 11 is 3.15. The average molecular weight is 249 g/mol. The lowest BCUT2D eigenvalue weighted by molar-refractivity contribution is -0.125. The summed E-state index contributed by atoms with van der Waals surface area (Å²) in [6, 6.07) is 0.362. The molecule has 0 atom stereocenters. The van der Waals surface area contributed by atoms with Crippen LogP contribution in [0.3, 0.4) is 0 Å². The van der Waals surface area contributed by atoms with Crippen molar-refractivity contribution in [2.75, 3.05) is 11.9 Å². The number of hydrogen-bond donors (Lipinski definition) is 2. The molecular formula is C8H13BrN2O2. The molecule has 4 nitrogen and oxygen atoms in total. The van der Waals surface area contributed by atoms with Gasteiger partial charge >= 0.3 is 0 Å². The molecule has 0 aromatic rings. The van der Waals surface area contributed by atoms with Crippen LogP contribution in [0.4, 0.5) is 0 Å². The Balaban J connectivity index is 2.02. The van der Waals surface area contributed by atoms with Gasteiger partial charge in [-0.1, -0.05) is 15.9 Å². The molecule has 0 aliphatic heterocycles. The zero-order valence-corrected chi connectivity index (χ0v) is 8.89. The van der Waals surface area contributed by atoms with Crippen molar-refractivity contribution in [1.82, 2.24) is 10.6 Å². The van der Waals surface area contributed by atoms with Crippen LogP contribution in [0, 0.1) is 0 Å². The number of halogens is 1. The van der Waals surface area contributed by atoms with Crippen molar-refractivity contribution in [2.45, 2.75) is 25.3 Å². The average Bonchev–Trinajstić information content (AvgIpc) is 2.85. The molecule has 2 N–H and O–H groups in total. The van der Waals surface area contributed by atoms with Gasteiger partial charge in [0.1, 0.15) is 0 Å². The van der Waals surface area contributed by atoms with Crippen LogP contribution in [0.2, 0.25) is 0 Å². The second kappa shape index (κ2) is 5.21. The predicted octanol–water partition coefficient (Wildman–Crippen LogP) is 0.166. The van der Waals surface area contributed by atoms with E-state index in [2.05, 4.69) is 26.6 Å². The molecule has 0 unspecified atom stereocenters. The molecule has 1 fully saturated rings. The van der Waals surface area contributed by atoms with E-state index in [-0.39, 0.29) is 18.4 Å². The summed E-state index contributed by atoms with van der Waals surface area (Å²) in [7, 11) is 0. The quantitative estimate of drug-likeness (QED) is 0.682. The van der Waals surface area contributed by atoms with Gasteiger partial charge in [0.2, 0.25) is 11.8 Å². The van der Waals surface area contributed by atoms with Gasteiger partial charge in [0.05, 0.1) is 6.54 Å². The minimum absolute atomic E-state index is 0.0922. The Morgan fingerprint density at radius 3 is 2.54 bits per heavy atom. The minimum atomic E-state index is -0.0946. The molecule has 13 heavy (non-hydrogen) atoms. The van der Waals surface area contributed by atoms with E-state index < -0.39 is 0 Å². The first-order valence-corrected chi connectivity index (χ1v) is 5.46. The lowest BCUT2D eigenvalue weighted by atomic mass is 10.4. The lowest BCUT2D eigenvalue weighted by Gasteiger charge is -2.04. The number of alkyl halides is 1. The molecule has 1 aliphatic rings. The van der Waals surface area contributed by atoms with Gasteiger partial charge in [-0.05, 0) is 12.8 Å². The van der Waals surface area contributed by atoms with E-state index in [0.717, 1.165) is 12.8 Å². The predicted molar refractivity (Wildman–Crippen MR) is 52.6 cm³/mol. The Bertz CT molecular complexity index is 204. The fourth-order valence-corrected chi connectivity index (χ4v) is 1.22. The second-order valence-electron chi connectivity index (χ2n) is 3.06. The van der Waals surface area contributed by atoms with Crippen molar-refractivity contribution in [3.63, 3.8) is 0 Å². The first-order valence-electron chi connectivity index (χ1n) is 4.34.